The molecule has 1 rings (SSSR count). The molecule has 1 aromatic rings. The van der Waals surface area contributed by atoms with Gasteiger partial charge in [0.2, 0.25) is 0 Å². The van der Waals surface area contributed by atoms with E-state index < -0.39 is 5.82 Å². The molecule has 1 heterocycles. The third kappa shape index (κ3) is 1.27. The Morgan fingerprint density at radius 2 is 2.40 bits per heavy atom. The van der Waals surface area contributed by atoms with E-state index >= 15 is 0 Å². The van der Waals surface area contributed by atoms with Crippen LogP contribution in [0.4, 0.5) is 4.39 Å². The smallest absolute Gasteiger partial charge is 0.151 e. The molecule has 0 aliphatic heterocycles. The largest absolute Gasteiger partial charge is 0.388 e. The molecule has 2 N–H and O–H groups in total. The molecule has 0 fully saturated rings. The van der Waals surface area contributed by atoms with E-state index in [4.69, 9.17) is 5.73 Å². The van der Waals surface area contributed by atoms with Crippen molar-refractivity contribution in [3.8, 4) is 0 Å². The van der Waals surface area contributed by atoms with Crippen LogP contribution >= 0.6 is 12.2 Å². The van der Waals surface area contributed by atoms with Gasteiger partial charge < -0.3 is 5.73 Å². The first-order chi connectivity index (χ1) is 4.72. The van der Waals surface area contributed by atoms with Crippen LogP contribution in [0.2, 0.25) is 0 Å². The van der Waals surface area contributed by atoms with Crippen molar-refractivity contribution >= 4 is 17.2 Å². The fraction of sp³-hybridized carbons (Fsp3) is 0. The number of nitrogens with zero attached hydrogens (tertiary/aromatic N) is 1. The minimum Gasteiger partial charge on any atom is -0.388 e. The maximum Gasteiger partial charge on any atom is 0.151 e. The quantitative estimate of drug-likeness (QED) is 0.613. The summed E-state index contributed by atoms with van der Waals surface area (Å²) in [5, 5.41) is 0. The lowest BCUT2D eigenvalue weighted by molar-refractivity contribution is 0.618. The van der Waals surface area contributed by atoms with Crippen molar-refractivity contribution in [2.45, 2.75) is 0 Å². The lowest BCUT2D eigenvalue weighted by atomic mass is 10.3. The van der Waals surface area contributed by atoms with Crippen LogP contribution in [0.3, 0.4) is 0 Å². The Bertz CT molecular complexity index is 262. The molecule has 0 unspecified atom stereocenters. The predicted octanol–water partition coefficient (Wildman–Crippen LogP) is 0.855. The number of pyridine rings is 1. The third-order valence-electron chi connectivity index (χ3n) is 0.992. The first kappa shape index (κ1) is 7.08. The van der Waals surface area contributed by atoms with Gasteiger partial charge in [0.05, 0.1) is 0 Å². The molecule has 0 saturated carbocycles. The average Bonchev–Trinajstić information content (AvgIpc) is 1.88. The predicted molar refractivity (Wildman–Crippen MR) is 40.1 cm³/mol. The van der Waals surface area contributed by atoms with Gasteiger partial charge in [0.15, 0.2) is 5.82 Å². The number of hydrogen-bond donors (Lipinski definition) is 1. The van der Waals surface area contributed by atoms with E-state index in [1.165, 1.54) is 18.3 Å². The molecule has 0 saturated heterocycles. The van der Waals surface area contributed by atoms with E-state index in [0.29, 0.717) is 0 Å². The number of hydrogen-bond acceptors (Lipinski definition) is 2. The van der Waals surface area contributed by atoms with Crippen molar-refractivity contribution in [1.82, 2.24) is 4.98 Å². The minimum atomic E-state index is -0.477. The van der Waals surface area contributed by atoms with Crippen LogP contribution in [0, 0.1) is 5.82 Å². The first-order valence-electron chi connectivity index (χ1n) is 2.62. The van der Waals surface area contributed by atoms with Crippen molar-refractivity contribution in [2.24, 2.45) is 5.73 Å². The topological polar surface area (TPSA) is 38.9 Å². The number of aromatic nitrogens is 1. The molecule has 1 aromatic heterocycles. The molecule has 0 amide bonds. The molecule has 52 valence electrons. The monoisotopic (exact) mass is 156 g/mol. The SMILES string of the molecule is NC(=S)c1ncccc1F. The van der Waals surface area contributed by atoms with E-state index in [1.54, 1.807) is 0 Å². The Morgan fingerprint density at radius 3 is 2.80 bits per heavy atom. The van der Waals surface area contributed by atoms with E-state index in [-0.39, 0.29) is 10.7 Å². The molecule has 0 radical (unpaired) electrons. The van der Waals surface area contributed by atoms with Gasteiger partial charge >= 0.3 is 0 Å². The van der Waals surface area contributed by atoms with Crippen molar-refractivity contribution in [3.05, 3.63) is 29.8 Å². The van der Waals surface area contributed by atoms with Crippen molar-refractivity contribution in [1.29, 1.82) is 0 Å². The first-order valence-corrected chi connectivity index (χ1v) is 3.03. The Balaban J connectivity index is 3.15. The second-order valence-electron chi connectivity index (χ2n) is 1.70. The molecular weight excluding hydrogens is 151 g/mol. The van der Waals surface area contributed by atoms with E-state index in [9.17, 15) is 4.39 Å². The third-order valence-corrected chi connectivity index (χ3v) is 1.19. The summed E-state index contributed by atoms with van der Waals surface area (Å²) in [5.41, 5.74) is 5.20. The normalized spacial score (nSPS) is 9.30. The summed E-state index contributed by atoms with van der Waals surface area (Å²) >= 11 is 4.52. The molecule has 0 atom stereocenters. The van der Waals surface area contributed by atoms with E-state index in [1.807, 2.05) is 0 Å². The Morgan fingerprint density at radius 1 is 1.70 bits per heavy atom. The molecule has 4 heteroatoms. The standard InChI is InChI=1S/C6H5FN2S/c7-4-2-1-3-9-5(4)6(8)10/h1-3H,(H2,8,10). The second kappa shape index (κ2) is 2.70. The fourth-order valence-electron chi connectivity index (χ4n) is 0.567. The summed E-state index contributed by atoms with van der Waals surface area (Å²) < 4.78 is 12.6. The van der Waals surface area contributed by atoms with Gasteiger partial charge in [0.25, 0.3) is 0 Å². The number of nitrogens with two attached hydrogens (primary N) is 1. The fourth-order valence-corrected chi connectivity index (χ4v) is 0.717. The lowest BCUT2D eigenvalue weighted by Gasteiger charge is -1.95. The van der Waals surface area contributed by atoms with Gasteiger partial charge in [0, 0.05) is 6.20 Å². The van der Waals surface area contributed by atoms with Gasteiger partial charge in [-0.3, -0.25) is 4.98 Å². The highest BCUT2D eigenvalue weighted by molar-refractivity contribution is 7.80. The molecule has 2 nitrogen and oxygen atoms in total. The lowest BCUT2D eigenvalue weighted by Crippen LogP contribution is -2.13. The van der Waals surface area contributed by atoms with E-state index in [2.05, 4.69) is 17.2 Å². The van der Waals surface area contributed by atoms with Crippen LogP contribution in [0.5, 0.6) is 0 Å². The molecular formula is C6H5FN2S. The Labute approximate surface area is 62.9 Å². The molecule has 10 heavy (non-hydrogen) atoms. The summed E-state index contributed by atoms with van der Waals surface area (Å²) in [4.78, 5) is 3.62. The molecule has 0 bridgehead atoms. The van der Waals surface area contributed by atoms with Gasteiger partial charge in [-0.1, -0.05) is 12.2 Å². The number of thiocarbonyl (C=S) groups is 1. The Hall–Kier alpha value is -1.03. The van der Waals surface area contributed by atoms with Gasteiger partial charge in [0.1, 0.15) is 10.7 Å². The summed E-state index contributed by atoms with van der Waals surface area (Å²) in [6, 6.07) is 2.75. The summed E-state index contributed by atoms with van der Waals surface area (Å²) in [7, 11) is 0. The maximum atomic E-state index is 12.6. The van der Waals surface area contributed by atoms with Crippen molar-refractivity contribution < 1.29 is 4.39 Å². The minimum absolute atomic E-state index is 0.0156. The molecule has 0 spiro atoms. The number of halogens is 1. The molecule has 0 aliphatic rings. The zero-order valence-electron chi connectivity index (χ0n) is 5.04. The van der Waals surface area contributed by atoms with Crippen LogP contribution in [0.25, 0.3) is 0 Å². The van der Waals surface area contributed by atoms with Gasteiger partial charge in [-0.2, -0.15) is 0 Å². The zero-order chi connectivity index (χ0) is 7.56. The van der Waals surface area contributed by atoms with Crippen LogP contribution < -0.4 is 5.73 Å². The van der Waals surface area contributed by atoms with Gasteiger partial charge in [-0.15, -0.1) is 0 Å². The zero-order valence-corrected chi connectivity index (χ0v) is 5.86. The molecule has 0 aromatic carbocycles. The highest BCUT2D eigenvalue weighted by Crippen LogP contribution is 2.00. The summed E-state index contributed by atoms with van der Waals surface area (Å²) in [6.45, 7) is 0. The highest BCUT2D eigenvalue weighted by Gasteiger charge is 2.02. The second-order valence-corrected chi connectivity index (χ2v) is 2.14. The van der Waals surface area contributed by atoms with Crippen LogP contribution in [0.1, 0.15) is 5.69 Å². The Kier molecular flexibility index (Phi) is 1.91. The van der Waals surface area contributed by atoms with Gasteiger partial charge in [-0.05, 0) is 12.1 Å². The van der Waals surface area contributed by atoms with Crippen LogP contribution in [0.15, 0.2) is 18.3 Å². The maximum absolute atomic E-state index is 12.6. The highest BCUT2D eigenvalue weighted by atomic mass is 32.1. The summed E-state index contributed by atoms with van der Waals surface area (Å²) in [6.07, 6.45) is 1.44. The average molecular weight is 156 g/mol. The molecule has 0 aliphatic carbocycles. The van der Waals surface area contributed by atoms with Crippen molar-refractivity contribution in [3.63, 3.8) is 0 Å². The number of rotatable bonds is 1. The van der Waals surface area contributed by atoms with Gasteiger partial charge in [-0.25, -0.2) is 4.39 Å². The summed E-state index contributed by atoms with van der Waals surface area (Å²) in [5.74, 6) is -0.477. The van der Waals surface area contributed by atoms with Crippen LogP contribution in [-0.4, -0.2) is 9.97 Å². The van der Waals surface area contributed by atoms with Crippen molar-refractivity contribution in [2.75, 3.05) is 0 Å². The van der Waals surface area contributed by atoms with E-state index in [0.717, 1.165) is 0 Å². The van der Waals surface area contributed by atoms with Crippen LogP contribution in [-0.2, 0) is 0 Å².